The second-order valence-electron chi connectivity index (χ2n) is 4.32. The van der Waals surface area contributed by atoms with Gasteiger partial charge < -0.3 is 19.1 Å². The molecule has 0 unspecified atom stereocenters. The van der Waals surface area contributed by atoms with Crippen molar-refractivity contribution in [3.05, 3.63) is 23.9 Å². The minimum absolute atomic E-state index is 0.212. The summed E-state index contributed by atoms with van der Waals surface area (Å²) in [6.07, 6.45) is 3.73. The van der Waals surface area contributed by atoms with Gasteiger partial charge in [0, 0.05) is 31.3 Å². The number of aliphatic hydroxyl groups is 1. The van der Waals surface area contributed by atoms with E-state index in [0.29, 0.717) is 0 Å². The molecular formula is C14H19NO3. The van der Waals surface area contributed by atoms with Crippen LogP contribution in [0.25, 0.3) is 10.9 Å². The van der Waals surface area contributed by atoms with Crippen molar-refractivity contribution >= 4 is 10.9 Å². The molecule has 1 heterocycles. The fourth-order valence-electron chi connectivity index (χ4n) is 2.26. The van der Waals surface area contributed by atoms with E-state index < -0.39 is 0 Å². The number of aliphatic hydroxyl groups excluding tert-OH is 1. The zero-order valence-electron chi connectivity index (χ0n) is 11.1. The summed E-state index contributed by atoms with van der Waals surface area (Å²) in [5.74, 6) is 1.47. The average Bonchev–Trinajstić information content (AvgIpc) is 2.71. The second-order valence-corrected chi connectivity index (χ2v) is 4.32. The van der Waals surface area contributed by atoms with Crippen LogP contribution in [0.3, 0.4) is 0 Å². The highest BCUT2D eigenvalue weighted by Crippen LogP contribution is 2.34. The Morgan fingerprint density at radius 3 is 2.44 bits per heavy atom. The Labute approximate surface area is 107 Å². The standard InChI is InChI=1S/C14H19NO3/c1-15-9-10(5-4-6-16)11-7-13(17-2)14(18-3)8-12(11)15/h7-9,16H,4-6H2,1-3H3. The maximum absolute atomic E-state index is 8.94. The van der Waals surface area contributed by atoms with Gasteiger partial charge in [0.2, 0.25) is 0 Å². The van der Waals surface area contributed by atoms with Gasteiger partial charge in [0.25, 0.3) is 0 Å². The molecular weight excluding hydrogens is 230 g/mol. The lowest BCUT2D eigenvalue weighted by Crippen LogP contribution is -1.92. The van der Waals surface area contributed by atoms with Crippen molar-refractivity contribution in [1.29, 1.82) is 0 Å². The Morgan fingerprint density at radius 1 is 1.17 bits per heavy atom. The van der Waals surface area contributed by atoms with Gasteiger partial charge in [-0.15, -0.1) is 0 Å². The predicted octanol–water partition coefficient (Wildman–Crippen LogP) is 2.12. The number of aromatic nitrogens is 1. The SMILES string of the molecule is COc1cc2c(CCCO)cn(C)c2cc1OC. The fraction of sp³-hybridized carbons (Fsp3) is 0.429. The average molecular weight is 249 g/mol. The molecule has 98 valence electrons. The van der Waals surface area contributed by atoms with Gasteiger partial charge in [-0.25, -0.2) is 0 Å². The number of benzene rings is 1. The van der Waals surface area contributed by atoms with Gasteiger partial charge in [0.05, 0.1) is 19.7 Å². The molecule has 4 heteroatoms. The topological polar surface area (TPSA) is 43.6 Å². The van der Waals surface area contributed by atoms with Crippen molar-refractivity contribution in [2.24, 2.45) is 7.05 Å². The van der Waals surface area contributed by atoms with Crippen LogP contribution in [0.2, 0.25) is 0 Å². The Hall–Kier alpha value is -1.68. The summed E-state index contributed by atoms with van der Waals surface area (Å²) in [6, 6.07) is 3.98. The highest BCUT2D eigenvalue weighted by Gasteiger charge is 2.12. The van der Waals surface area contributed by atoms with Crippen LogP contribution in [0.15, 0.2) is 18.3 Å². The van der Waals surface area contributed by atoms with E-state index in [4.69, 9.17) is 14.6 Å². The van der Waals surface area contributed by atoms with Crippen molar-refractivity contribution in [3.63, 3.8) is 0 Å². The van der Waals surface area contributed by atoms with E-state index >= 15 is 0 Å². The normalized spacial score (nSPS) is 10.9. The van der Waals surface area contributed by atoms with E-state index in [9.17, 15) is 0 Å². The molecule has 0 spiro atoms. The van der Waals surface area contributed by atoms with Crippen LogP contribution in [-0.2, 0) is 13.5 Å². The Morgan fingerprint density at radius 2 is 1.83 bits per heavy atom. The van der Waals surface area contributed by atoms with Gasteiger partial charge in [-0.3, -0.25) is 0 Å². The van der Waals surface area contributed by atoms with Crippen LogP contribution in [0.1, 0.15) is 12.0 Å². The molecule has 1 aromatic carbocycles. The summed E-state index contributed by atoms with van der Waals surface area (Å²) in [6.45, 7) is 0.212. The van der Waals surface area contributed by atoms with Crippen LogP contribution in [0.5, 0.6) is 11.5 Å². The fourth-order valence-corrected chi connectivity index (χ4v) is 2.26. The zero-order chi connectivity index (χ0) is 13.1. The molecule has 0 aliphatic carbocycles. The maximum Gasteiger partial charge on any atom is 0.162 e. The number of aryl methyl sites for hydroxylation is 2. The van der Waals surface area contributed by atoms with Crippen molar-refractivity contribution in [3.8, 4) is 11.5 Å². The van der Waals surface area contributed by atoms with Crippen molar-refractivity contribution in [1.82, 2.24) is 4.57 Å². The van der Waals surface area contributed by atoms with E-state index in [1.807, 2.05) is 19.2 Å². The first-order chi connectivity index (χ1) is 8.71. The quantitative estimate of drug-likeness (QED) is 0.882. The molecule has 2 rings (SSSR count). The number of rotatable bonds is 5. The Balaban J connectivity index is 2.55. The molecule has 1 N–H and O–H groups in total. The van der Waals surface area contributed by atoms with Gasteiger partial charge in [0.1, 0.15) is 0 Å². The van der Waals surface area contributed by atoms with Gasteiger partial charge in [0.15, 0.2) is 11.5 Å². The summed E-state index contributed by atoms with van der Waals surface area (Å²) in [7, 11) is 5.29. The maximum atomic E-state index is 8.94. The van der Waals surface area contributed by atoms with Gasteiger partial charge >= 0.3 is 0 Å². The molecule has 0 saturated heterocycles. The highest BCUT2D eigenvalue weighted by atomic mass is 16.5. The van der Waals surface area contributed by atoms with Gasteiger partial charge in [-0.2, -0.15) is 0 Å². The summed E-state index contributed by atoms with van der Waals surface area (Å²) < 4.78 is 12.7. The lowest BCUT2D eigenvalue weighted by atomic mass is 10.1. The predicted molar refractivity (Wildman–Crippen MR) is 71.4 cm³/mol. The van der Waals surface area contributed by atoms with Gasteiger partial charge in [-0.1, -0.05) is 0 Å². The number of hydrogen-bond donors (Lipinski definition) is 1. The monoisotopic (exact) mass is 249 g/mol. The third-order valence-electron chi connectivity index (χ3n) is 3.18. The van der Waals surface area contributed by atoms with E-state index in [-0.39, 0.29) is 6.61 Å². The summed E-state index contributed by atoms with van der Waals surface area (Å²) in [5.41, 5.74) is 2.34. The summed E-state index contributed by atoms with van der Waals surface area (Å²) in [5, 5.41) is 10.1. The minimum Gasteiger partial charge on any atom is -0.493 e. The first-order valence-corrected chi connectivity index (χ1v) is 6.02. The van der Waals surface area contributed by atoms with Crippen LogP contribution in [-0.4, -0.2) is 30.5 Å². The third-order valence-corrected chi connectivity index (χ3v) is 3.18. The molecule has 0 radical (unpaired) electrons. The van der Waals surface area contributed by atoms with E-state index in [1.54, 1.807) is 14.2 Å². The molecule has 4 nitrogen and oxygen atoms in total. The van der Waals surface area contributed by atoms with Crippen LogP contribution in [0.4, 0.5) is 0 Å². The highest BCUT2D eigenvalue weighted by molar-refractivity contribution is 5.87. The zero-order valence-corrected chi connectivity index (χ0v) is 11.1. The minimum atomic E-state index is 0.212. The number of nitrogens with zero attached hydrogens (tertiary/aromatic N) is 1. The molecule has 0 saturated carbocycles. The summed E-state index contributed by atoms with van der Waals surface area (Å²) >= 11 is 0. The molecule has 18 heavy (non-hydrogen) atoms. The lowest BCUT2D eigenvalue weighted by molar-refractivity contribution is 0.288. The van der Waals surface area contributed by atoms with Crippen LogP contribution < -0.4 is 9.47 Å². The number of fused-ring (bicyclic) bond motifs is 1. The third kappa shape index (κ3) is 2.16. The largest absolute Gasteiger partial charge is 0.493 e. The number of hydrogen-bond acceptors (Lipinski definition) is 3. The van der Waals surface area contributed by atoms with Crippen LogP contribution in [0, 0.1) is 0 Å². The first kappa shape index (κ1) is 12.8. The van der Waals surface area contributed by atoms with E-state index in [2.05, 4.69) is 10.8 Å². The molecule has 0 aliphatic heterocycles. The molecule has 0 bridgehead atoms. The van der Waals surface area contributed by atoms with E-state index in [1.165, 1.54) is 5.56 Å². The number of ether oxygens (including phenoxy) is 2. The van der Waals surface area contributed by atoms with Crippen LogP contribution >= 0.6 is 0 Å². The van der Waals surface area contributed by atoms with Crippen molar-refractivity contribution < 1.29 is 14.6 Å². The Bertz CT molecular complexity index is 545. The van der Waals surface area contributed by atoms with Gasteiger partial charge in [-0.05, 0) is 24.5 Å². The molecule has 0 fully saturated rings. The smallest absolute Gasteiger partial charge is 0.162 e. The molecule has 0 atom stereocenters. The Kier molecular flexibility index (Phi) is 3.77. The van der Waals surface area contributed by atoms with E-state index in [0.717, 1.165) is 35.2 Å². The molecule has 0 amide bonds. The molecule has 2 aromatic rings. The summed E-state index contributed by atoms with van der Waals surface area (Å²) in [4.78, 5) is 0. The van der Waals surface area contributed by atoms with Crippen molar-refractivity contribution in [2.75, 3.05) is 20.8 Å². The molecule has 0 aliphatic rings. The lowest BCUT2D eigenvalue weighted by Gasteiger charge is -2.08. The molecule has 1 aromatic heterocycles. The van der Waals surface area contributed by atoms with Crippen molar-refractivity contribution in [2.45, 2.75) is 12.8 Å². The number of methoxy groups -OCH3 is 2. The second kappa shape index (κ2) is 5.31. The first-order valence-electron chi connectivity index (χ1n) is 6.02.